The van der Waals surface area contributed by atoms with Gasteiger partial charge >= 0.3 is 0 Å². The number of aryl methyl sites for hydroxylation is 1. The number of pyridine rings is 1. The first-order valence-electron chi connectivity index (χ1n) is 9.32. The Bertz CT molecular complexity index is 915. The van der Waals surface area contributed by atoms with Crippen LogP contribution in [0.2, 0.25) is 0 Å². The van der Waals surface area contributed by atoms with Gasteiger partial charge < -0.3 is 4.90 Å². The van der Waals surface area contributed by atoms with E-state index < -0.39 is 0 Å². The minimum Gasteiger partial charge on any atom is -0.371 e. The molecule has 1 aliphatic rings. The summed E-state index contributed by atoms with van der Waals surface area (Å²) in [6.07, 6.45) is 4.01. The van der Waals surface area contributed by atoms with Crippen molar-refractivity contribution in [3.05, 3.63) is 47.7 Å². The van der Waals surface area contributed by atoms with Crippen molar-refractivity contribution in [3.63, 3.8) is 0 Å². The second-order valence-corrected chi connectivity index (χ2v) is 8.21. The molecule has 4 rings (SSSR count). The van der Waals surface area contributed by atoms with Crippen molar-refractivity contribution in [1.82, 2.24) is 24.8 Å². The van der Waals surface area contributed by atoms with Crippen LogP contribution in [0, 0.1) is 6.92 Å². The minimum atomic E-state index is 0.0122. The molecule has 1 saturated heterocycles. The number of nitrogens with zero attached hydrogens (tertiary/aromatic N) is 6. The first kappa shape index (κ1) is 16.9. The van der Waals surface area contributed by atoms with E-state index in [0.717, 1.165) is 48.8 Å². The van der Waals surface area contributed by atoms with E-state index in [1.165, 1.54) is 5.69 Å². The zero-order valence-corrected chi connectivity index (χ0v) is 16.0. The van der Waals surface area contributed by atoms with Crippen LogP contribution in [-0.2, 0) is 5.41 Å². The highest BCUT2D eigenvalue weighted by atomic mass is 15.4. The average molecular weight is 350 g/mol. The van der Waals surface area contributed by atoms with Gasteiger partial charge in [-0.25, -0.2) is 0 Å². The Morgan fingerprint density at radius 1 is 1.04 bits per heavy atom. The van der Waals surface area contributed by atoms with Crippen LogP contribution in [0.1, 0.15) is 56.7 Å². The van der Waals surface area contributed by atoms with Crippen molar-refractivity contribution in [3.8, 4) is 0 Å². The van der Waals surface area contributed by atoms with Crippen LogP contribution in [-0.4, -0.2) is 37.9 Å². The highest BCUT2D eigenvalue weighted by molar-refractivity contribution is 5.47. The van der Waals surface area contributed by atoms with Crippen LogP contribution < -0.4 is 4.90 Å². The smallest absolute Gasteiger partial charge is 0.177 e. The van der Waals surface area contributed by atoms with Gasteiger partial charge in [-0.1, -0.05) is 20.8 Å². The molecule has 0 amide bonds. The topological polar surface area (TPSA) is 59.2 Å². The van der Waals surface area contributed by atoms with Gasteiger partial charge in [-0.2, -0.15) is 9.61 Å². The minimum absolute atomic E-state index is 0.0122. The van der Waals surface area contributed by atoms with Gasteiger partial charge in [-0.05, 0) is 44.0 Å². The van der Waals surface area contributed by atoms with E-state index in [9.17, 15) is 0 Å². The van der Waals surface area contributed by atoms with Gasteiger partial charge in [-0.15, -0.1) is 10.2 Å². The molecule has 26 heavy (non-hydrogen) atoms. The van der Waals surface area contributed by atoms with E-state index in [1.807, 2.05) is 23.7 Å². The van der Waals surface area contributed by atoms with Gasteiger partial charge in [0.05, 0.1) is 5.69 Å². The molecule has 0 radical (unpaired) electrons. The molecule has 0 atom stereocenters. The summed E-state index contributed by atoms with van der Waals surface area (Å²) in [4.78, 5) is 6.73. The molecule has 1 aliphatic heterocycles. The number of anilines is 1. The predicted molar refractivity (Wildman–Crippen MR) is 103 cm³/mol. The molecule has 6 heteroatoms. The molecule has 4 heterocycles. The Morgan fingerprint density at radius 2 is 1.81 bits per heavy atom. The fourth-order valence-corrected chi connectivity index (χ4v) is 3.58. The largest absolute Gasteiger partial charge is 0.371 e. The van der Waals surface area contributed by atoms with Crippen molar-refractivity contribution in [2.24, 2.45) is 0 Å². The molecule has 0 saturated carbocycles. The SMILES string of the molecule is Cc1cc(N2CCC(c3nnc4ccc(C(C)(C)C)nn34)CC2)ccn1. The molecule has 0 unspecified atom stereocenters. The van der Waals surface area contributed by atoms with Gasteiger partial charge in [0.2, 0.25) is 0 Å². The van der Waals surface area contributed by atoms with E-state index in [2.05, 4.69) is 59.1 Å². The van der Waals surface area contributed by atoms with Gasteiger partial charge in [0.25, 0.3) is 0 Å². The lowest BCUT2D eigenvalue weighted by atomic mass is 9.92. The van der Waals surface area contributed by atoms with Crippen LogP contribution in [0.4, 0.5) is 5.69 Å². The third-order valence-electron chi connectivity index (χ3n) is 5.16. The zero-order chi connectivity index (χ0) is 18.3. The second-order valence-electron chi connectivity index (χ2n) is 8.21. The van der Waals surface area contributed by atoms with Crippen LogP contribution in [0.25, 0.3) is 5.65 Å². The van der Waals surface area contributed by atoms with Gasteiger partial charge in [-0.3, -0.25) is 4.98 Å². The van der Waals surface area contributed by atoms with Crippen molar-refractivity contribution >= 4 is 11.3 Å². The quantitative estimate of drug-likeness (QED) is 0.708. The first-order chi connectivity index (χ1) is 12.4. The summed E-state index contributed by atoms with van der Waals surface area (Å²) in [5.74, 6) is 1.39. The molecule has 0 bridgehead atoms. The Morgan fingerprint density at radius 3 is 2.50 bits per heavy atom. The van der Waals surface area contributed by atoms with Gasteiger partial charge in [0, 0.05) is 42.0 Å². The average Bonchev–Trinajstić information content (AvgIpc) is 3.04. The number of rotatable bonds is 2. The summed E-state index contributed by atoms with van der Waals surface area (Å²) in [5.41, 5.74) is 4.23. The van der Waals surface area contributed by atoms with E-state index in [4.69, 9.17) is 5.10 Å². The standard InChI is InChI=1S/C20H26N6/c1-14-13-16(7-10-21-14)25-11-8-15(9-12-25)19-23-22-18-6-5-17(20(2,3)4)24-26(18)19/h5-7,10,13,15H,8-9,11-12H2,1-4H3. The molecular formula is C20H26N6. The monoisotopic (exact) mass is 350 g/mol. The molecule has 0 aliphatic carbocycles. The molecule has 0 aromatic carbocycles. The van der Waals surface area contributed by atoms with Crippen LogP contribution in [0.3, 0.4) is 0 Å². The van der Waals surface area contributed by atoms with E-state index in [1.54, 1.807) is 0 Å². The lowest BCUT2D eigenvalue weighted by molar-refractivity contribution is 0.472. The number of aromatic nitrogens is 5. The molecule has 3 aromatic rings. The Hall–Kier alpha value is -2.50. The van der Waals surface area contributed by atoms with Gasteiger partial charge in [0.15, 0.2) is 11.5 Å². The molecule has 3 aromatic heterocycles. The molecule has 136 valence electrons. The maximum atomic E-state index is 4.84. The number of piperidine rings is 1. The molecular weight excluding hydrogens is 324 g/mol. The van der Waals surface area contributed by atoms with Crippen molar-refractivity contribution in [2.75, 3.05) is 18.0 Å². The second kappa shape index (κ2) is 6.34. The fraction of sp³-hybridized carbons (Fsp3) is 0.500. The summed E-state index contributed by atoms with van der Waals surface area (Å²) in [7, 11) is 0. The summed E-state index contributed by atoms with van der Waals surface area (Å²) < 4.78 is 1.96. The summed E-state index contributed by atoms with van der Waals surface area (Å²) >= 11 is 0. The normalized spacial score (nSPS) is 16.4. The van der Waals surface area contributed by atoms with Crippen molar-refractivity contribution < 1.29 is 0 Å². The maximum Gasteiger partial charge on any atom is 0.177 e. The number of hydrogen-bond acceptors (Lipinski definition) is 5. The van der Waals surface area contributed by atoms with E-state index >= 15 is 0 Å². The molecule has 0 spiro atoms. The molecule has 1 fully saturated rings. The van der Waals surface area contributed by atoms with Crippen LogP contribution in [0.15, 0.2) is 30.5 Å². The van der Waals surface area contributed by atoms with Crippen molar-refractivity contribution in [1.29, 1.82) is 0 Å². The summed E-state index contributed by atoms with van der Waals surface area (Å²) in [6, 6.07) is 8.34. The van der Waals surface area contributed by atoms with Crippen molar-refractivity contribution in [2.45, 2.75) is 51.9 Å². The Balaban J connectivity index is 1.56. The third-order valence-corrected chi connectivity index (χ3v) is 5.16. The van der Waals surface area contributed by atoms with Crippen LogP contribution in [0.5, 0.6) is 0 Å². The summed E-state index contributed by atoms with van der Waals surface area (Å²) in [5, 5.41) is 13.7. The van der Waals surface area contributed by atoms with E-state index in [0.29, 0.717) is 5.92 Å². The zero-order valence-electron chi connectivity index (χ0n) is 16.0. The highest BCUT2D eigenvalue weighted by Crippen LogP contribution is 2.30. The fourth-order valence-electron chi connectivity index (χ4n) is 3.58. The number of fused-ring (bicyclic) bond motifs is 1. The number of hydrogen-bond donors (Lipinski definition) is 0. The Labute approximate surface area is 154 Å². The van der Waals surface area contributed by atoms with Gasteiger partial charge in [0.1, 0.15) is 0 Å². The van der Waals surface area contributed by atoms with E-state index in [-0.39, 0.29) is 5.41 Å². The van der Waals surface area contributed by atoms with Crippen LogP contribution >= 0.6 is 0 Å². The maximum absolute atomic E-state index is 4.84. The summed E-state index contributed by atoms with van der Waals surface area (Å²) in [6.45, 7) is 10.6. The first-order valence-corrected chi connectivity index (χ1v) is 9.32. The Kier molecular flexibility index (Phi) is 4.13. The lowest BCUT2D eigenvalue weighted by Crippen LogP contribution is -2.33. The molecule has 0 N–H and O–H groups in total. The third kappa shape index (κ3) is 3.16. The predicted octanol–water partition coefficient (Wildman–Crippen LogP) is 3.51. The molecule has 6 nitrogen and oxygen atoms in total. The lowest BCUT2D eigenvalue weighted by Gasteiger charge is -2.33. The highest BCUT2D eigenvalue weighted by Gasteiger charge is 2.26.